The van der Waals surface area contributed by atoms with E-state index in [0.717, 1.165) is 26.9 Å². The predicted octanol–water partition coefficient (Wildman–Crippen LogP) is 4.30. The monoisotopic (exact) mass is 298 g/mol. The quantitative estimate of drug-likeness (QED) is 0.784. The molecule has 3 rings (SSSR count). The first-order valence-electron chi connectivity index (χ1n) is 6.89. The Labute approximate surface area is 128 Å². The zero-order chi connectivity index (χ0) is 15.0. The topological polar surface area (TPSA) is 48.1 Å². The Morgan fingerprint density at radius 3 is 2.52 bits per heavy atom. The fraction of sp³-hybridized carbons (Fsp3) is 0.235. The molecule has 0 amide bonds. The molecule has 3 nitrogen and oxygen atoms in total. The van der Waals surface area contributed by atoms with Crippen LogP contribution in [0, 0.1) is 6.92 Å². The first-order chi connectivity index (χ1) is 10.1. The fourth-order valence-electron chi connectivity index (χ4n) is 2.44. The lowest BCUT2D eigenvalue weighted by atomic mass is 10.1. The van der Waals surface area contributed by atoms with Crippen LogP contribution in [0.25, 0.3) is 21.3 Å². The van der Waals surface area contributed by atoms with Crippen molar-refractivity contribution in [3.8, 4) is 16.3 Å². The van der Waals surface area contributed by atoms with Gasteiger partial charge in [-0.25, -0.2) is 4.98 Å². The summed E-state index contributed by atoms with van der Waals surface area (Å²) in [4.78, 5) is 5.81. The van der Waals surface area contributed by atoms with Gasteiger partial charge < -0.3 is 10.5 Å². The summed E-state index contributed by atoms with van der Waals surface area (Å²) in [5.41, 5.74) is 8.14. The summed E-state index contributed by atoms with van der Waals surface area (Å²) in [6, 6.07) is 12.5. The van der Waals surface area contributed by atoms with Gasteiger partial charge >= 0.3 is 0 Å². The predicted molar refractivity (Wildman–Crippen MR) is 88.9 cm³/mol. The maximum absolute atomic E-state index is 5.98. The largest absolute Gasteiger partial charge is 0.497 e. The number of hydrogen-bond donors (Lipinski definition) is 1. The minimum atomic E-state index is 0.0287. The minimum Gasteiger partial charge on any atom is -0.497 e. The van der Waals surface area contributed by atoms with Gasteiger partial charge in [-0.1, -0.05) is 18.2 Å². The molecule has 0 aliphatic carbocycles. The van der Waals surface area contributed by atoms with E-state index in [4.69, 9.17) is 10.5 Å². The number of hydrogen-bond acceptors (Lipinski definition) is 4. The second kappa shape index (κ2) is 5.47. The Bertz CT molecular complexity index is 793. The Morgan fingerprint density at radius 1 is 1.14 bits per heavy atom. The molecule has 3 aromatic rings. The molecule has 108 valence electrons. The van der Waals surface area contributed by atoms with Crippen LogP contribution in [-0.2, 0) is 0 Å². The molecule has 0 spiro atoms. The van der Waals surface area contributed by atoms with Crippen molar-refractivity contribution in [1.82, 2.24) is 4.98 Å². The highest BCUT2D eigenvalue weighted by molar-refractivity contribution is 7.15. The lowest BCUT2D eigenvalue weighted by molar-refractivity contribution is 0.415. The second-order valence-corrected chi connectivity index (χ2v) is 6.22. The number of fused-ring (bicyclic) bond motifs is 1. The Balaban J connectivity index is 2.06. The van der Waals surface area contributed by atoms with Gasteiger partial charge in [0, 0.05) is 16.5 Å². The van der Waals surface area contributed by atoms with E-state index in [1.54, 1.807) is 18.4 Å². The number of aryl methyl sites for hydroxylation is 1. The Kier molecular flexibility index (Phi) is 3.66. The van der Waals surface area contributed by atoms with Crippen LogP contribution in [0.1, 0.15) is 23.5 Å². The highest BCUT2D eigenvalue weighted by Crippen LogP contribution is 2.33. The second-order valence-electron chi connectivity index (χ2n) is 5.19. The van der Waals surface area contributed by atoms with E-state index in [2.05, 4.69) is 29.2 Å². The van der Waals surface area contributed by atoms with Crippen LogP contribution in [0.3, 0.4) is 0 Å². The van der Waals surface area contributed by atoms with Gasteiger partial charge in [0.15, 0.2) is 0 Å². The molecule has 0 saturated heterocycles. The third-order valence-corrected chi connectivity index (χ3v) is 4.95. The molecule has 0 saturated carbocycles. The van der Waals surface area contributed by atoms with Gasteiger partial charge in [0.25, 0.3) is 0 Å². The summed E-state index contributed by atoms with van der Waals surface area (Å²) >= 11 is 1.68. The molecule has 0 aliphatic heterocycles. The van der Waals surface area contributed by atoms with Crippen LogP contribution in [-0.4, -0.2) is 12.1 Å². The van der Waals surface area contributed by atoms with Gasteiger partial charge in [-0.05, 0) is 42.8 Å². The highest BCUT2D eigenvalue weighted by Gasteiger charge is 2.12. The van der Waals surface area contributed by atoms with Gasteiger partial charge in [0.2, 0.25) is 0 Å². The number of ether oxygens (including phenoxy) is 1. The molecular weight excluding hydrogens is 280 g/mol. The van der Waals surface area contributed by atoms with E-state index >= 15 is 0 Å². The average Bonchev–Trinajstić information content (AvgIpc) is 2.88. The summed E-state index contributed by atoms with van der Waals surface area (Å²) < 4.78 is 5.26. The van der Waals surface area contributed by atoms with Crippen LogP contribution in [0.15, 0.2) is 36.4 Å². The van der Waals surface area contributed by atoms with Crippen molar-refractivity contribution < 1.29 is 4.74 Å². The first-order valence-corrected chi connectivity index (χ1v) is 7.71. The zero-order valence-electron chi connectivity index (χ0n) is 12.4. The third kappa shape index (κ3) is 2.64. The molecule has 0 aliphatic rings. The van der Waals surface area contributed by atoms with Gasteiger partial charge in [0.05, 0.1) is 12.8 Å². The molecule has 1 unspecified atom stereocenters. The van der Waals surface area contributed by atoms with E-state index in [1.165, 1.54) is 10.8 Å². The summed E-state index contributed by atoms with van der Waals surface area (Å²) in [5.74, 6) is 0.875. The van der Waals surface area contributed by atoms with Gasteiger partial charge in [-0.2, -0.15) is 0 Å². The summed E-state index contributed by atoms with van der Waals surface area (Å²) in [7, 11) is 1.68. The maximum atomic E-state index is 5.98. The summed E-state index contributed by atoms with van der Waals surface area (Å²) in [6.45, 7) is 4.02. The van der Waals surface area contributed by atoms with Crippen molar-refractivity contribution in [3.63, 3.8) is 0 Å². The molecule has 2 aromatic carbocycles. The van der Waals surface area contributed by atoms with Crippen molar-refractivity contribution in [3.05, 3.63) is 47.0 Å². The molecule has 1 atom stereocenters. The Morgan fingerprint density at radius 2 is 1.86 bits per heavy atom. The molecule has 0 radical (unpaired) electrons. The van der Waals surface area contributed by atoms with Crippen molar-refractivity contribution >= 4 is 22.1 Å². The van der Waals surface area contributed by atoms with E-state index < -0.39 is 0 Å². The van der Waals surface area contributed by atoms with E-state index in [1.807, 2.05) is 26.0 Å². The number of rotatable bonds is 3. The van der Waals surface area contributed by atoms with Crippen LogP contribution in [0.2, 0.25) is 0 Å². The van der Waals surface area contributed by atoms with Crippen LogP contribution in [0.4, 0.5) is 0 Å². The lowest BCUT2D eigenvalue weighted by Gasteiger charge is -2.04. The maximum Gasteiger partial charge on any atom is 0.123 e. The molecule has 0 bridgehead atoms. The third-order valence-electron chi connectivity index (χ3n) is 3.54. The summed E-state index contributed by atoms with van der Waals surface area (Å²) in [6.07, 6.45) is 0. The molecule has 1 aromatic heterocycles. The minimum absolute atomic E-state index is 0.0287. The van der Waals surface area contributed by atoms with Crippen molar-refractivity contribution in [2.24, 2.45) is 5.73 Å². The first kappa shape index (κ1) is 14.0. The lowest BCUT2D eigenvalue weighted by Crippen LogP contribution is -2.03. The number of nitrogens with zero attached hydrogens (tertiary/aromatic N) is 1. The van der Waals surface area contributed by atoms with Crippen molar-refractivity contribution in [1.29, 1.82) is 0 Å². The van der Waals surface area contributed by atoms with Crippen molar-refractivity contribution in [2.75, 3.05) is 7.11 Å². The molecule has 1 heterocycles. The number of benzene rings is 2. The average molecular weight is 298 g/mol. The molecule has 21 heavy (non-hydrogen) atoms. The molecule has 4 heteroatoms. The number of nitrogens with two attached hydrogens (primary N) is 1. The van der Waals surface area contributed by atoms with E-state index in [0.29, 0.717) is 0 Å². The number of aromatic nitrogens is 1. The fourth-order valence-corrected chi connectivity index (χ4v) is 3.45. The SMILES string of the molecule is COc1ccc2cc(-c3nc(C)c(C(C)N)s3)ccc2c1. The summed E-state index contributed by atoms with van der Waals surface area (Å²) in [5, 5.41) is 3.37. The molecule has 2 N–H and O–H groups in total. The number of methoxy groups -OCH3 is 1. The smallest absolute Gasteiger partial charge is 0.123 e. The normalized spacial score (nSPS) is 12.6. The van der Waals surface area contributed by atoms with Crippen LogP contribution in [0.5, 0.6) is 5.75 Å². The van der Waals surface area contributed by atoms with E-state index in [-0.39, 0.29) is 6.04 Å². The Hall–Kier alpha value is -1.91. The van der Waals surface area contributed by atoms with Crippen LogP contribution < -0.4 is 10.5 Å². The van der Waals surface area contributed by atoms with Gasteiger partial charge in [-0.3, -0.25) is 0 Å². The standard InChI is InChI=1S/C17H18N2OS/c1-10(18)16-11(2)19-17(21-16)14-5-4-13-9-15(20-3)7-6-12(13)8-14/h4-10H,18H2,1-3H3. The van der Waals surface area contributed by atoms with Gasteiger partial charge in [0.1, 0.15) is 10.8 Å². The highest BCUT2D eigenvalue weighted by atomic mass is 32.1. The number of thiazole rings is 1. The van der Waals surface area contributed by atoms with Gasteiger partial charge in [-0.15, -0.1) is 11.3 Å². The van der Waals surface area contributed by atoms with Crippen molar-refractivity contribution in [2.45, 2.75) is 19.9 Å². The van der Waals surface area contributed by atoms with E-state index in [9.17, 15) is 0 Å². The molecule has 0 fully saturated rings. The zero-order valence-corrected chi connectivity index (χ0v) is 13.2. The van der Waals surface area contributed by atoms with Crippen LogP contribution >= 0.6 is 11.3 Å². The molecular formula is C17H18N2OS.